The summed E-state index contributed by atoms with van der Waals surface area (Å²) in [6.45, 7) is 4.61. The second-order valence-corrected chi connectivity index (χ2v) is 8.31. The minimum absolute atomic E-state index is 0.329. The quantitative estimate of drug-likeness (QED) is 0.808. The van der Waals surface area contributed by atoms with Crippen molar-refractivity contribution in [1.29, 1.82) is 0 Å². The molecule has 0 saturated carbocycles. The van der Waals surface area contributed by atoms with Gasteiger partial charge in [0.15, 0.2) is 0 Å². The van der Waals surface area contributed by atoms with E-state index in [-0.39, 0.29) is 0 Å². The molecule has 0 N–H and O–H groups in total. The number of fused-ring (bicyclic) bond motifs is 1. The smallest absolute Gasteiger partial charge is 0.243 e. The molecule has 0 aromatic heterocycles. The number of sulfonamides is 1. The maximum absolute atomic E-state index is 13.0. The number of nitrogens with zero attached hydrogens (tertiary/aromatic N) is 1. The van der Waals surface area contributed by atoms with E-state index in [1.54, 1.807) is 10.4 Å². The Kier molecular flexibility index (Phi) is 4.85. The topological polar surface area (TPSA) is 46.6 Å². The Morgan fingerprint density at radius 3 is 2.82 bits per heavy atom. The molecule has 1 heterocycles. The summed E-state index contributed by atoms with van der Waals surface area (Å²) >= 11 is 0. The van der Waals surface area contributed by atoms with Crippen LogP contribution in [0.3, 0.4) is 0 Å². The zero-order valence-corrected chi connectivity index (χ0v) is 14.1. The van der Waals surface area contributed by atoms with Crippen LogP contribution in [0, 0.1) is 5.92 Å². The van der Waals surface area contributed by atoms with Crippen molar-refractivity contribution in [2.45, 2.75) is 43.9 Å². The molecule has 1 atom stereocenters. The normalized spacial score (nSPS) is 21.5. The van der Waals surface area contributed by atoms with Gasteiger partial charge in [-0.1, -0.05) is 13.0 Å². The van der Waals surface area contributed by atoms with Crippen LogP contribution in [-0.2, 0) is 27.6 Å². The van der Waals surface area contributed by atoms with Crippen LogP contribution in [-0.4, -0.2) is 39.0 Å². The number of ether oxygens (including phenoxy) is 1. The van der Waals surface area contributed by atoms with Gasteiger partial charge in [0.2, 0.25) is 10.0 Å². The Morgan fingerprint density at radius 2 is 2.09 bits per heavy atom. The third kappa shape index (κ3) is 3.21. The van der Waals surface area contributed by atoms with Crippen molar-refractivity contribution in [3.8, 4) is 0 Å². The minimum atomic E-state index is -3.39. The molecule has 22 heavy (non-hydrogen) atoms. The number of benzene rings is 1. The zero-order chi connectivity index (χ0) is 15.6. The van der Waals surface area contributed by atoms with Crippen LogP contribution in [0.15, 0.2) is 23.1 Å². The minimum Gasteiger partial charge on any atom is -0.381 e. The average Bonchev–Trinajstić information content (AvgIpc) is 3.17. The highest BCUT2D eigenvalue weighted by molar-refractivity contribution is 7.89. The molecule has 1 aromatic rings. The van der Waals surface area contributed by atoms with Crippen molar-refractivity contribution >= 4 is 10.0 Å². The highest BCUT2D eigenvalue weighted by Gasteiger charge is 2.29. The van der Waals surface area contributed by atoms with E-state index in [2.05, 4.69) is 0 Å². The van der Waals surface area contributed by atoms with Crippen LogP contribution >= 0.6 is 0 Å². The molecule has 1 fully saturated rings. The lowest BCUT2D eigenvalue weighted by molar-refractivity contribution is 0.180. The van der Waals surface area contributed by atoms with Gasteiger partial charge in [-0.05, 0) is 61.3 Å². The van der Waals surface area contributed by atoms with E-state index in [9.17, 15) is 8.42 Å². The van der Waals surface area contributed by atoms with Crippen molar-refractivity contribution in [1.82, 2.24) is 4.31 Å². The summed E-state index contributed by atoms with van der Waals surface area (Å²) in [5, 5.41) is 0. The van der Waals surface area contributed by atoms with Gasteiger partial charge in [0.05, 0.1) is 11.5 Å². The molecule has 2 aliphatic rings. The van der Waals surface area contributed by atoms with Gasteiger partial charge in [-0.25, -0.2) is 8.42 Å². The van der Waals surface area contributed by atoms with Gasteiger partial charge >= 0.3 is 0 Å². The number of aryl methyl sites for hydroxylation is 2. The Balaban J connectivity index is 1.84. The molecule has 1 aliphatic carbocycles. The van der Waals surface area contributed by atoms with Crippen LogP contribution < -0.4 is 0 Å². The predicted octanol–water partition coefficient (Wildman–Crippen LogP) is 2.61. The van der Waals surface area contributed by atoms with E-state index in [1.165, 1.54) is 11.1 Å². The standard InChI is InChI=1S/C17H25NO3S/c1-2-9-18(12-14-8-10-21-13-14)22(19,20)17-7-6-15-4-3-5-16(15)11-17/h6-7,11,14H,2-5,8-10,12-13H2,1H3. The third-order valence-corrected chi connectivity index (χ3v) is 6.53. The summed E-state index contributed by atoms with van der Waals surface area (Å²) in [6, 6.07) is 5.68. The van der Waals surface area contributed by atoms with Crippen LogP contribution in [0.4, 0.5) is 0 Å². The SMILES string of the molecule is CCCN(CC1CCOC1)S(=O)(=O)c1ccc2c(c1)CCC2. The van der Waals surface area contributed by atoms with Gasteiger partial charge in [-0.3, -0.25) is 0 Å². The van der Waals surface area contributed by atoms with E-state index in [0.717, 1.165) is 38.7 Å². The molecular weight excluding hydrogens is 298 g/mol. The molecule has 0 radical (unpaired) electrons. The predicted molar refractivity (Wildman–Crippen MR) is 86.4 cm³/mol. The molecule has 5 heteroatoms. The first-order valence-electron chi connectivity index (χ1n) is 8.31. The molecular formula is C17H25NO3S. The molecule has 1 aromatic carbocycles. The molecule has 1 saturated heterocycles. The maximum Gasteiger partial charge on any atom is 0.243 e. The molecule has 0 amide bonds. The zero-order valence-electron chi connectivity index (χ0n) is 13.3. The van der Waals surface area contributed by atoms with E-state index in [1.807, 2.05) is 19.1 Å². The van der Waals surface area contributed by atoms with Crippen molar-refractivity contribution in [3.63, 3.8) is 0 Å². The highest BCUT2D eigenvalue weighted by atomic mass is 32.2. The summed E-state index contributed by atoms with van der Waals surface area (Å²) in [5.41, 5.74) is 2.52. The summed E-state index contributed by atoms with van der Waals surface area (Å²) < 4.78 is 33.0. The third-order valence-electron chi connectivity index (χ3n) is 4.67. The second kappa shape index (κ2) is 6.69. The molecule has 4 nitrogen and oxygen atoms in total. The Bertz CT molecular complexity index is 621. The van der Waals surface area contributed by atoms with Gasteiger partial charge in [0.25, 0.3) is 0 Å². The first-order valence-corrected chi connectivity index (χ1v) is 9.75. The van der Waals surface area contributed by atoms with Gasteiger partial charge in [0.1, 0.15) is 0 Å². The summed E-state index contributed by atoms with van der Waals surface area (Å²) in [6.07, 6.45) is 5.01. The average molecular weight is 323 g/mol. The molecule has 122 valence electrons. The van der Waals surface area contributed by atoms with Crippen LogP contribution in [0.5, 0.6) is 0 Å². The second-order valence-electron chi connectivity index (χ2n) is 6.38. The van der Waals surface area contributed by atoms with Gasteiger partial charge in [0, 0.05) is 19.7 Å². The van der Waals surface area contributed by atoms with Gasteiger partial charge < -0.3 is 4.74 Å². The molecule has 3 rings (SSSR count). The van der Waals surface area contributed by atoms with E-state index in [4.69, 9.17) is 4.74 Å². The Hall–Kier alpha value is -0.910. The molecule has 0 spiro atoms. The molecule has 1 aliphatic heterocycles. The van der Waals surface area contributed by atoms with E-state index in [0.29, 0.717) is 30.5 Å². The number of hydrogen-bond donors (Lipinski definition) is 0. The summed E-state index contributed by atoms with van der Waals surface area (Å²) in [5.74, 6) is 0.329. The number of hydrogen-bond acceptors (Lipinski definition) is 3. The first kappa shape index (κ1) is 16.0. The molecule has 0 bridgehead atoms. The fraction of sp³-hybridized carbons (Fsp3) is 0.647. The lowest BCUT2D eigenvalue weighted by atomic mass is 10.1. The number of rotatable bonds is 6. The fourth-order valence-electron chi connectivity index (χ4n) is 3.43. The lowest BCUT2D eigenvalue weighted by Gasteiger charge is -2.24. The van der Waals surface area contributed by atoms with Gasteiger partial charge in [-0.2, -0.15) is 4.31 Å². The largest absolute Gasteiger partial charge is 0.381 e. The first-order chi connectivity index (χ1) is 10.6. The monoisotopic (exact) mass is 323 g/mol. The Morgan fingerprint density at radius 1 is 1.27 bits per heavy atom. The summed E-state index contributed by atoms with van der Waals surface area (Å²) in [4.78, 5) is 0.459. The van der Waals surface area contributed by atoms with E-state index >= 15 is 0 Å². The fourth-order valence-corrected chi connectivity index (χ4v) is 5.09. The summed E-state index contributed by atoms with van der Waals surface area (Å²) in [7, 11) is -3.39. The Labute approximate surface area is 133 Å². The van der Waals surface area contributed by atoms with Crippen LogP contribution in [0.1, 0.15) is 37.3 Å². The van der Waals surface area contributed by atoms with Crippen molar-refractivity contribution in [2.24, 2.45) is 5.92 Å². The van der Waals surface area contributed by atoms with Gasteiger partial charge in [-0.15, -0.1) is 0 Å². The van der Waals surface area contributed by atoms with Crippen molar-refractivity contribution in [2.75, 3.05) is 26.3 Å². The van der Waals surface area contributed by atoms with Crippen molar-refractivity contribution < 1.29 is 13.2 Å². The van der Waals surface area contributed by atoms with E-state index < -0.39 is 10.0 Å². The lowest BCUT2D eigenvalue weighted by Crippen LogP contribution is -2.36. The molecule has 1 unspecified atom stereocenters. The highest BCUT2D eigenvalue weighted by Crippen LogP contribution is 2.27. The van der Waals surface area contributed by atoms with Crippen molar-refractivity contribution in [3.05, 3.63) is 29.3 Å². The maximum atomic E-state index is 13.0. The van der Waals surface area contributed by atoms with Crippen LogP contribution in [0.2, 0.25) is 0 Å². The van der Waals surface area contributed by atoms with Crippen LogP contribution in [0.25, 0.3) is 0 Å².